The maximum Gasteiger partial charge on any atom is 0.151 e. The molecule has 0 saturated carbocycles. The van der Waals surface area contributed by atoms with Crippen molar-refractivity contribution in [2.45, 2.75) is 13.8 Å². The normalized spacial score (nSPS) is 9.25. The van der Waals surface area contributed by atoms with Crippen molar-refractivity contribution in [1.29, 1.82) is 0 Å². The highest BCUT2D eigenvalue weighted by molar-refractivity contribution is 4.78. The van der Waals surface area contributed by atoms with Gasteiger partial charge < -0.3 is 0 Å². The molecule has 0 unspecified atom stereocenters. The zero-order valence-corrected chi connectivity index (χ0v) is 4.79. The van der Waals surface area contributed by atoms with Crippen molar-refractivity contribution in [1.82, 2.24) is 20.4 Å². The molecule has 4 heteroatoms. The molecule has 8 heavy (non-hydrogen) atoms. The second-order valence-electron chi connectivity index (χ2n) is 1.50. The number of nitrogens with zero attached hydrogens (tertiary/aromatic N) is 4. The second-order valence-corrected chi connectivity index (χ2v) is 1.50. The molecule has 4 nitrogen and oxygen atoms in total. The lowest BCUT2D eigenvalue weighted by atomic mass is 10.7. The van der Waals surface area contributed by atoms with Crippen LogP contribution in [0.5, 0.6) is 0 Å². The molecule has 0 aromatic carbocycles. The van der Waals surface area contributed by atoms with Crippen molar-refractivity contribution in [3.8, 4) is 0 Å². The number of rotatable bonds is 0. The van der Waals surface area contributed by atoms with Crippen LogP contribution in [0.1, 0.15) is 11.6 Å². The summed E-state index contributed by atoms with van der Waals surface area (Å²) in [6, 6.07) is 0. The van der Waals surface area contributed by atoms with Gasteiger partial charge in [-0.05, 0) is 19.1 Å². The highest BCUT2D eigenvalue weighted by Crippen LogP contribution is 1.80. The van der Waals surface area contributed by atoms with E-state index in [-0.39, 0.29) is 0 Å². The van der Waals surface area contributed by atoms with E-state index in [1.54, 1.807) is 13.8 Å². The van der Waals surface area contributed by atoms with Crippen LogP contribution < -0.4 is 0 Å². The second kappa shape index (κ2) is 1.81. The van der Waals surface area contributed by atoms with Crippen LogP contribution in [0.4, 0.5) is 0 Å². The van der Waals surface area contributed by atoms with Crippen LogP contribution in [-0.2, 0) is 0 Å². The third kappa shape index (κ3) is 0.959. The lowest BCUT2D eigenvalue weighted by Gasteiger charge is -1.86. The quantitative estimate of drug-likeness (QED) is 0.467. The molecule has 42 valence electrons. The molecule has 1 rings (SSSR count). The molecule has 0 aliphatic carbocycles. The molecule has 1 aromatic heterocycles. The van der Waals surface area contributed by atoms with Gasteiger partial charge in [-0.2, -0.15) is 0 Å². The van der Waals surface area contributed by atoms with Crippen molar-refractivity contribution >= 4 is 0 Å². The first-order chi connectivity index (χ1) is 3.79. The summed E-state index contributed by atoms with van der Waals surface area (Å²) in [6.45, 7) is 3.56. The Balaban J connectivity index is 3.08. The number of hydrogen-bond acceptors (Lipinski definition) is 4. The highest BCUT2D eigenvalue weighted by Gasteiger charge is 1.86. The fraction of sp³-hybridized carbons (Fsp3) is 0.500. The summed E-state index contributed by atoms with van der Waals surface area (Å²) in [7, 11) is 0. The predicted octanol–water partition coefficient (Wildman–Crippen LogP) is -0.117. The molecule has 1 aromatic rings. The third-order valence-electron chi connectivity index (χ3n) is 0.702. The van der Waals surface area contributed by atoms with Gasteiger partial charge in [0.25, 0.3) is 0 Å². The molecule has 0 fully saturated rings. The van der Waals surface area contributed by atoms with Gasteiger partial charge in [-0.15, -0.1) is 10.2 Å². The third-order valence-corrected chi connectivity index (χ3v) is 0.702. The smallest absolute Gasteiger partial charge is 0.151 e. The van der Waals surface area contributed by atoms with Crippen molar-refractivity contribution in [3.63, 3.8) is 0 Å². The van der Waals surface area contributed by atoms with Gasteiger partial charge in [0.2, 0.25) is 0 Å². The van der Waals surface area contributed by atoms with Crippen LogP contribution in [-0.4, -0.2) is 20.4 Å². The van der Waals surface area contributed by atoms with E-state index in [1.165, 1.54) is 0 Å². The van der Waals surface area contributed by atoms with Crippen molar-refractivity contribution < 1.29 is 0 Å². The molecule has 0 amide bonds. The molecule has 0 N–H and O–H groups in total. The van der Waals surface area contributed by atoms with E-state index < -0.39 is 0 Å². The minimum absolute atomic E-state index is 0.664. The zero-order chi connectivity index (χ0) is 5.98. The van der Waals surface area contributed by atoms with Crippen molar-refractivity contribution in [3.05, 3.63) is 11.6 Å². The summed E-state index contributed by atoms with van der Waals surface area (Å²) in [5.41, 5.74) is 0. The first-order valence-corrected chi connectivity index (χ1v) is 2.29. The van der Waals surface area contributed by atoms with Crippen molar-refractivity contribution in [2.75, 3.05) is 0 Å². The van der Waals surface area contributed by atoms with Crippen LogP contribution >= 0.6 is 0 Å². The topological polar surface area (TPSA) is 51.6 Å². The Morgan fingerprint density at radius 1 is 1.00 bits per heavy atom. The number of hydrogen-bond donors (Lipinski definition) is 0. The molecular weight excluding hydrogens is 104 g/mol. The summed E-state index contributed by atoms with van der Waals surface area (Å²) in [6.07, 6.45) is 0. The molecule has 0 saturated heterocycles. The zero-order valence-electron chi connectivity index (χ0n) is 4.79. The van der Waals surface area contributed by atoms with Crippen LogP contribution in [0, 0.1) is 13.8 Å². The first kappa shape index (κ1) is 5.08. The maximum atomic E-state index is 3.89. The Morgan fingerprint density at radius 2 is 1.50 bits per heavy atom. The Labute approximate surface area is 47.0 Å². The lowest BCUT2D eigenvalue weighted by Crippen LogP contribution is -1.96. The van der Waals surface area contributed by atoms with E-state index in [4.69, 9.17) is 0 Å². The number of aromatic nitrogens is 4. The lowest BCUT2D eigenvalue weighted by molar-refractivity contribution is 0.753. The summed E-state index contributed by atoms with van der Waals surface area (Å²) in [5.74, 6) is 1.33. The summed E-state index contributed by atoms with van der Waals surface area (Å²) < 4.78 is 0. The average molecular weight is 110 g/mol. The molecule has 0 spiro atoms. The fourth-order valence-corrected chi connectivity index (χ4v) is 0.431. The minimum Gasteiger partial charge on any atom is -0.215 e. The summed E-state index contributed by atoms with van der Waals surface area (Å²) >= 11 is 0. The Hall–Kier alpha value is -1.06. The van der Waals surface area contributed by atoms with E-state index in [0.29, 0.717) is 11.6 Å². The van der Waals surface area contributed by atoms with Gasteiger partial charge in [-0.25, -0.2) is 4.98 Å². The van der Waals surface area contributed by atoms with Gasteiger partial charge in [-0.3, -0.25) is 0 Å². The molecular formula is C4H6N4. The highest BCUT2D eigenvalue weighted by atomic mass is 15.3. The van der Waals surface area contributed by atoms with E-state index in [9.17, 15) is 0 Å². The predicted molar refractivity (Wildman–Crippen MR) is 27.1 cm³/mol. The van der Waals surface area contributed by atoms with Crippen molar-refractivity contribution in [2.24, 2.45) is 0 Å². The molecule has 0 aliphatic rings. The van der Waals surface area contributed by atoms with Crippen LogP contribution in [0.3, 0.4) is 0 Å². The van der Waals surface area contributed by atoms with Crippen LogP contribution in [0.25, 0.3) is 0 Å². The molecule has 0 atom stereocenters. The largest absolute Gasteiger partial charge is 0.215 e. The van der Waals surface area contributed by atoms with E-state index in [0.717, 1.165) is 0 Å². The van der Waals surface area contributed by atoms with Gasteiger partial charge in [0.1, 0.15) is 0 Å². The number of aryl methyl sites for hydroxylation is 2. The van der Waals surface area contributed by atoms with E-state index in [1.807, 2.05) is 0 Å². The van der Waals surface area contributed by atoms with Gasteiger partial charge in [0.05, 0.1) is 0 Å². The molecule has 0 aliphatic heterocycles. The first-order valence-electron chi connectivity index (χ1n) is 2.29. The Bertz CT molecular complexity index is 168. The van der Waals surface area contributed by atoms with Gasteiger partial charge in [-0.1, -0.05) is 0 Å². The van der Waals surface area contributed by atoms with Gasteiger partial charge in [0, 0.05) is 0 Å². The maximum absolute atomic E-state index is 3.89. The standard InChI is InChI=1S/C4H6N4/c1-3-5-4(2)7-8-6-3/h1-2H3. The Kier molecular flexibility index (Phi) is 1.15. The van der Waals surface area contributed by atoms with Crippen LogP contribution in [0.15, 0.2) is 0 Å². The van der Waals surface area contributed by atoms with Gasteiger partial charge >= 0.3 is 0 Å². The molecule has 0 bridgehead atoms. The Morgan fingerprint density at radius 3 is 1.75 bits per heavy atom. The summed E-state index contributed by atoms with van der Waals surface area (Å²) in [4.78, 5) is 3.89. The minimum atomic E-state index is 0.664. The fourth-order valence-electron chi connectivity index (χ4n) is 0.431. The van der Waals surface area contributed by atoms with E-state index >= 15 is 0 Å². The monoisotopic (exact) mass is 110 g/mol. The SMILES string of the molecule is Cc1nnnc(C)n1. The van der Waals surface area contributed by atoms with E-state index in [2.05, 4.69) is 20.4 Å². The van der Waals surface area contributed by atoms with Gasteiger partial charge in [0.15, 0.2) is 11.6 Å². The molecule has 0 radical (unpaired) electrons. The summed E-state index contributed by atoms with van der Waals surface area (Å²) in [5, 5.41) is 10.6. The van der Waals surface area contributed by atoms with Crippen LogP contribution in [0.2, 0.25) is 0 Å². The molecule has 1 heterocycles. The average Bonchev–Trinajstić information content (AvgIpc) is 1.64.